The number of carbonyl (C=O) groups excluding carboxylic acids is 1. The monoisotopic (exact) mass is 197 g/mol. The largest absolute Gasteiger partial charge is 0.481 e. The van der Waals surface area contributed by atoms with E-state index in [1.165, 1.54) is 0 Å². The van der Waals surface area contributed by atoms with Crippen LogP contribution in [0.1, 0.15) is 13.8 Å². The highest BCUT2D eigenvalue weighted by atomic mass is 16.5. The van der Waals surface area contributed by atoms with Crippen molar-refractivity contribution in [2.75, 3.05) is 7.11 Å². The van der Waals surface area contributed by atoms with Crippen molar-refractivity contribution in [2.24, 2.45) is 16.7 Å². The lowest BCUT2D eigenvalue weighted by Crippen LogP contribution is -2.22. The van der Waals surface area contributed by atoms with Gasteiger partial charge in [-0.1, -0.05) is 13.8 Å². The van der Waals surface area contributed by atoms with Gasteiger partial charge in [0.15, 0.2) is 5.41 Å². The first-order chi connectivity index (χ1) is 6.36. The minimum atomic E-state index is -1.52. The van der Waals surface area contributed by atoms with Crippen molar-refractivity contribution in [1.29, 1.82) is 5.26 Å². The average Bonchev–Trinajstić information content (AvgIpc) is 2.62. The fraction of sp³-hybridized carbons (Fsp3) is 0.667. The standard InChI is InChI=1S/C9H11NO4/c1-8(2)5(6(11)12)9(8,4-10)7(13)14-3/h5H,1-3H3,(H,11,12)/t5?,9-/m0/s1. The van der Waals surface area contributed by atoms with Gasteiger partial charge in [0.2, 0.25) is 0 Å². The van der Waals surface area contributed by atoms with Crippen LogP contribution in [0, 0.1) is 28.1 Å². The van der Waals surface area contributed by atoms with E-state index in [-0.39, 0.29) is 0 Å². The summed E-state index contributed by atoms with van der Waals surface area (Å²) in [7, 11) is 1.15. The van der Waals surface area contributed by atoms with E-state index in [0.29, 0.717) is 0 Å². The number of rotatable bonds is 2. The Bertz CT molecular complexity index is 341. The van der Waals surface area contributed by atoms with Crippen LogP contribution < -0.4 is 0 Å². The highest BCUT2D eigenvalue weighted by Crippen LogP contribution is 2.69. The van der Waals surface area contributed by atoms with E-state index in [0.717, 1.165) is 7.11 Å². The van der Waals surface area contributed by atoms with Crippen molar-refractivity contribution in [3.8, 4) is 6.07 Å². The second kappa shape index (κ2) is 2.71. The Kier molecular flexibility index (Phi) is 2.03. The van der Waals surface area contributed by atoms with E-state index < -0.39 is 28.7 Å². The fourth-order valence-electron chi connectivity index (χ4n) is 2.05. The Morgan fingerprint density at radius 2 is 2.00 bits per heavy atom. The van der Waals surface area contributed by atoms with Gasteiger partial charge in [0.05, 0.1) is 19.1 Å². The average molecular weight is 197 g/mol. The molecule has 0 aromatic heterocycles. The molecule has 1 fully saturated rings. The number of nitrogens with zero attached hydrogens (tertiary/aromatic N) is 1. The van der Waals surface area contributed by atoms with Crippen LogP contribution in [0.4, 0.5) is 0 Å². The van der Waals surface area contributed by atoms with Crippen molar-refractivity contribution in [3.63, 3.8) is 0 Å². The Morgan fingerprint density at radius 1 is 1.50 bits per heavy atom. The molecule has 76 valence electrons. The summed E-state index contributed by atoms with van der Waals surface area (Å²) in [5.74, 6) is -2.88. The summed E-state index contributed by atoms with van der Waals surface area (Å²) in [6, 6.07) is 1.77. The number of methoxy groups -OCH3 is 1. The van der Waals surface area contributed by atoms with Gasteiger partial charge in [-0.3, -0.25) is 9.59 Å². The van der Waals surface area contributed by atoms with Gasteiger partial charge in [-0.15, -0.1) is 0 Å². The molecule has 0 aromatic rings. The minimum Gasteiger partial charge on any atom is -0.481 e. The number of aliphatic carboxylic acids is 1. The van der Waals surface area contributed by atoms with Crippen molar-refractivity contribution >= 4 is 11.9 Å². The second-order valence-corrected chi connectivity index (χ2v) is 3.90. The molecule has 0 aromatic carbocycles. The molecule has 1 N–H and O–H groups in total. The molecule has 1 unspecified atom stereocenters. The minimum absolute atomic E-state index is 0.766. The number of hydrogen-bond acceptors (Lipinski definition) is 4. The third-order valence-corrected chi connectivity index (χ3v) is 3.02. The lowest BCUT2D eigenvalue weighted by molar-refractivity contribution is -0.149. The lowest BCUT2D eigenvalue weighted by atomic mass is 9.98. The molecular weight excluding hydrogens is 186 g/mol. The first-order valence-corrected chi connectivity index (χ1v) is 4.08. The van der Waals surface area contributed by atoms with E-state index in [1.54, 1.807) is 19.9 Å². The number of carboxylic acid groups (broad SMARTS) is 1. The molecule has 1 rings (SSSR count). The second-order valence-electron chi connectivity index (χ2n) is 3.90. The molecule has 0 saturated heterocycles. The van der Waals surface area contributed by atoms with Gasteiger partial charge in [-0.25, -0.2) is 0 Å². The van der Waals surface area contributed by atoms with E-state index in [1.807, 2.05) is 0 Å². The van der Waals surface area contributed by atoms with Gasteiger partial charge >= 0.3 is 11.9 Å². The van der Waals surface area contributed by atoms with Crippen molar-refractivity contribution < 1.29 is 19.4 Å². The normalized spacial score (nSPS) is 32.9. The third kappa shape index (κ3) is 0.882. The third-order valence-electron chi connectivity index (χ3n) is 3.02. The zero-order valence-electron chi connectivity index (χ0n) is 8.20. The Morgan fingerprint density at radius 3 is 2.21 bits per heavy atom. The van der Waals surface area contributed by atoms with E-state index in [2.05, 4.69) is 4.74 Å². The summed E-state index contributed by atoms with van der Waals surface area (Å²) >= 11 is 0. The number of carbonyl (C=O) groups is 2. The first kappa shape index (κ1) is 10.5. The summed E-state index contributed by atoms with van der Waals surface area (Å²) in [4.78, 5) is 22.2. The van der Waals surface area contributed by atoms with Crippen LogP contribution in [0.5, 0.6) is 0 Å². The van der Waals surface area contributed by atoms with Gasteiger partial charge < -0.3 is 9.84 Å². The maximum Gasteiger partial charge on any atom is 0.327 e. The Hall–Kier alpha value is -1.57. The smallest absolute Gasteiger partial charge is 0.327 e. The molecule has 1 saturated carbocycles. The molecule has 0 spiro atoms. The highest BCUT2D eigenvalue weighted by molar-refractivity contribution is 5.95. The molecule has 0 heterocycles. The number of carboxylic acids is 1. The molecule has 14 heavy (non-hydrogen) atoms. The quantitative estimate of drug-likeness (QED) is 0.648. The summed E-state index contributed by atoms with van der Waals surface area (Å²) < 4.78 is 4.46. The van der Waals surface area contributed by atoms with Crippen LogP contribution in [0.25, 0.3) is 0 Å². The topological polar surface area (TPSA) is 87.4 Å². The number of esters is 1. The zero-order valence-corrected chi connectivity index (χ0v) is 8.20. The molecule has 0 aliphatic heterocycles. The number of hydrogen-bond donors (Lipinski definition) is 1. The SMILES string of the molecule is COC(=O)[C@]1(C#N)C(C(=O)O)C1(C)C. The van der Waals surface area contributed by atoms with Crippen LogP contribution in [-0.4, -0.2) is 24.2 Å². The molecule has 1 aliphatic carbocycles. The maximum absolute atomic E-state index is 11.3. The van der Waals surface area contributed by atoms with E-state index >= 15 is 0 Å². The van der Waals surface area contributed by atoms with E-state index in [4.69, 9.17) is 10.4 Å². The van der Waals surface area contributed by atoms with Gasteiger partial charge in [-0.2, -0.15) is 5.26 Å². The molecule has 2 atom stereocenters. The fourth-order valence-corrected chi connectivity index (χ4v) is 2.05. The molecule has 5 heteroatoms. The summed E-state index contributed by atoms with van der Waals surface area (Å²) in [6.45, 7) is 3.15. The predicted octanol–water partition coefficient (Wildman–Crippen LogP) is 0.410. The molecule has 1 aliphatic rings. The predicted molar refractivity (Wildman–Crippen MR) is 45.0 cm³/mol. The molecule has 0 radical (unpaired) electrons. The van der Waals surface area contributed by atoms with Crippen molar-refractivity contribution in [1.82, 2.24) is 0 Å². The summed E-state index contributed by atoms with van der Waals surface area (Å²) in [5.41, 5.74) is -2.38. The number of nitriles is 1. The van der Waals surface area contributed by atoms with Crippen molar-refractivity contribution in [2.45, 2.75) is 13.8 Å². The molecule has 0 bridgehead atoms. The Labute approximate surface area is 81.3 Å². The lowest BCUT2D eigenvalue weighted by Gasteiger charge is -2.07. The number of ether oxygens (including phenoxy) is 1. The van der Waals surface area contributed by atoms with E-state index in [9.17, 15) is 9.59 Å². The summed E-state index contributed by atoms with van der Waals surface area (Å²) in [6.07, 6.45) is 0. The van der Waals surface area contributed by atoms with Crippen LogP contribution in [0.15, 0.2) is 0 Å². The highest BCUT2D eigenvalue weighted by Gasteiger charge is 2.81. The van der Waals surface area contributed by atoms with Crippen LogP contribution >= 0.6 is 0 Å². The van der Waals surface area contributed by atoms with Gasteiger partial charge in [0.25, 0.3) is 0 Å². The van der Waals surface area contributed by atoms with Gasteiger partial charge in [0.1, 0.15) is 0 Å². The van der Waals surface area contributed by atoms with Gasteiger partial charge in [0, 0.05) is 5.41 Å². The van der Waals surface area contributed by atoms with Gasteiger partial charge in [-0.05, 0) is 0 Å². The van der Waals surface area contributed by atoms with Crippen LogP contribution in [-0.2, 0) is 14.3 Å². The van der Waals surface area contributed by atoms with Crippen molar-refractivity contribution in [3.05, 3.63) is 0 Å². The maximum atomic E-state index is 11.3. The molecule has 0 amide bonds. The van der Waals surface area contributed by atoms with Crippen LogP contribution in [0.3, 0.4) is 0 Å². The Balaban J connectivity index is 3.14. The zero-order chi connectivity index (χ0) is 11.1. The first-order valence-electron chi connectivity index (χ1n) is 4.08. The summed E-state index contributed by atoms with van der Waals surface area (Å²) in [5, 5.41) is 17.7. The molecular formula is C9H11NO4. The van der Waals surface area contributed by atoms with Crippen LogP contribution in [0.2, 0.25) is 0 Å². The molecule has 5 nitrogen and oxygen atoms in total.